The van der Waals surface area contributed by atoms with Crippen molar-refractivity contribution >= 4 is 11.0 Å². The van der Waals surface area contributed by atoms with Crippen molar-refractivity contribution in [3.8, 4) is 5.75 Å². The Balaban J connectivity index is 2.48. The lowest BCUT2D eigenvalue weighted by molar-refractivity contribution is 0.413. The average molecular weight is 191 g/mol. The van der Waals surface area contributed by atoms with Gasteiger partial charge < -0.3 is 15.0 Å². The largest absolute Gasteiger partial charge is 0.495 e. The summed E-state index contributed by atoms with van der Waals surface area (Å²) in [4.78, 5) is 4.31. The average Bonchev–Trinajstić information content (AvgIpc) is 2.61. The molecule has 0 bridgehead atoms. The Morgan fingerprint density at radius 2 is 2.43 bits per heavy atom. The maximum atomic E-state index is 5.49. The van der Waals surface area contributed by atoms with Crippen LogP contribution in [-0.4, -0.2) is 23.2 Å². The Morgan fingerprint density at radius 3 is 3.14 bits per heavy atom. The third-order valence-corrected chi connectivity index (χ3v) is 2.18. The zero-order valence-corrected chi connectivity index (χ0v) is 8.10. The molecule has 74 valence electrons. The molecule has 0 amide bonds. The topological polar surface area (TPSA) is 53.1 Å². The van der Waals surface area contributed by atoms with Crippen molar-refractivity contribution in [2.24, 2.45) is 5.73 Å². The van der Waals surface area contributed by atoms with Crippen LogP contribution >= 0.6 is 0 Å². The zero-order chi connectivity index (χ0) is 9.97. The van der Waals surface area contributed by atoms with Gasteiger partial charge in [-0.15, -0.1) is 0 Å². The first-order chi connectivity index (χ1) is 6.85. The fraction of sp³-hybridized carbons (Fsp3) is 0.300. The summed E-state index contributed by atoms with van der Waals surface area (Å²) in [5.74, 6) is 0.781. The Labute approximate surface area is 82.3 Å². The van der Waals surface area contributed by atoms with Crippen molar-refractivity contribution in [1.82, 2.24) is 9.55 Å². The molecule has 0 fully saturated rings. The number of hydrogen-bond acceptors (Lipinski definition) is 3. The summed E-state index contributed by atoms with van der Waals surface area (Å²) in [6.45, 7) is 1.42. The number of nitrogens with two attached hydrogens (primary N) is 1. The number of nitrogens with zero attached hydrogens (tertiary/aromatic N) is 2. The van der Waals surface area contributed by atoms with E-state index in [9.17, 15) is 0 Å². The summed E-state index contributed by atoms with van der Waals surface area (Å²) in [7, 11) is 1.64. The van der Waals surface area contributed by atoms with Crippen molar-refractivity contribution in [2.45, 2.75) is 6.54 Å². The summed E-state index contributed by atoms with van der Waals surface area (Å²) in [6, 6.07) is 3.98. The smallest absolute Gasteiger partial charge is 0.140 e. The van der Waals surface area contributed by atoms with Gasteiger partial charge in [0.15, 0.2) is 0 Å². The monoisotopic (exact) mass is 191 g/mol. The second-order valence-electron chi connectivity index (χ2n) is 3.09. The van der Waals surface area contributed by atoms with Gasteiger partial charge in [-0.05, 0) is 12.1 Å². The highest BCUT2D eigenvalue weighted by atomic mass is 16.5. The molecule has 0 atom stereocenters. The third-order valence-electron chi connectivity index (χ3n) is 2.18. The maximum Gasteiger partial charge on any atom is 0.140 e. The number of methoxy groups -OCH3 is 1. The highest BCUT2D eigenvalue weighted by Crippen LogP contribution is 2.18. The predicted octanol–water partition coefficient (Wildman–Crippen LogP) is 1.00. The van der Waals surface area contributed by atoms with Crippen LogP contribution in [-0.2, 0) is 6.54 Å². The highest BCUT2D eigenvalue weighted by Gasteiger charge is 2.02. The van der Waals surface area contributed by atoms with E-state index in [1.54, 1.807) is 13.3 Å². The minimum absolute atomic E-state index is 0.623. The Kier molecular flexibility index (Phi) is 2.37. The van der Waals surface area contributed by atoms with Crippen molar-refractivity contribution < 1.29 is 4.74 Å². The van der Waals surface area contributed by atoms with Gasteiger partial charge in [0.05, 0.1) is 13.3 Å². The van der Waals surface area contributed by atoms with Gasteiger partial charge in [-0.1, -0.05) is 0 Å². The van der Waals surface area contributed by atoms with Crippen LogP contribution in [0.25, 0.3) is 11.0 Å². The molecule has 2 rings (SSSR count). The van der Waals surface area contributed by atoms with Crippen LogP contribution in [0, 0.1) is 0 Å². The number of hydrogen-bond donors (Lipinski definition) is 1. The fourth-order valence-corrected chi connectivity index (χ4v) is 1.49. The van der Waals surface area contributed by atoms with Crippen LogP contribution in [0.1, 0.15) is 0 Å². The van der Waals surface area contributed by atoms with Gasteiger partial charge in [0.1, 0.15) is 11.4 Å². The van der Waals surface area contributed by atoms with E-state index >= 15 is 0 Å². The SMILES string of the molecule is COc1cnc2c(ccn2CCN)c1. The van der Waals surface area contributed by atoms with Crippen LogP contribution in [0.5, 0.6) is 5.75 Å². The van der Waals surface area contributed by atoms with Crippen molar-refractivity contribution in [1.29, 1.82) is 0 Å². The molecule has 2 aromatic heterocycles. The number of fused-ring (bicyclic) bond motifs is 1. The molecule has 4 heteroatoms. The van der Waals surface area contributed by atoms with Crippen LogP contribution in [0.2, 0.25) is 0 Å². The van der Waals surface area contributed by atoms with Gasteiger partial charge in [-0.25, -0.2) is 4.98 Å². The van der Waals surface area contributed by atoms with Crippen LogP contribution in [0.15, 0.2) is 24.5 Å². The molecule has 2 aromatic rings. The van der Waals surface area contributed by atoms with Gasteiger partial charge in [-0.3, -0.25) is 0 Å². The molecule has 0 aliphatic carbocycles. The van der Waals surface area contributed by atoms with Crippen molar-refractivity contribution in [3.05, 3.63) is 24.5 Å². The first kappa shape index (κ1) is 9.02. The standard InChI is InChI=1S/C10H13N3O/c1-14-9-6-8-2-4-13(5-3-11)10(8)12-7-9/h2,4,6-7H,3,5,11H2,1H3. The van der Waals surface area contributed by atoms with E-state index < -0.39 is 0 Å². The molecule has 2 heterocycles. The van der Waals surface area contributed by atoms with E-state index in [-0.39, 0.29) is 0 Å². The summed E-state index contributed by atoms with van der Waals surface area (Å²) < 4.78 is 7.13. The molecule has 14 heavy (non-hydrogen) atoms. The van der Waals surface area contributed by atoms with E-state index in [2.05, 4.69) is 4.98 Å². The van der Waals surface area contributed by atoms with Crippen LogP contribution in [0.4, 0.5) is 0 Å². The first-order valence-electron chi connectivity index (χ1n) is 4.54. The molecule has 0 unspecified atom stereocenters. The molecule has 0 saturated carbocycles. The van der Waals surface area contributed by atoms with Crippen molar-refractivity contribution in [2.75, 3.05) is 13.7 Å². The lowest BCUT2D eigenvalue weighted by atomic mass is 10.3. The van der Waals surface area contributed by atoms with Gasteiger partial charge in [0.25, 0.3) is 0 Å². The summed E-state index contributed by atoms with van der Waals surface area (Å²) in [6.07, 6.45) is 3.71. The number of ether oxygens (including phenoxy) is 1. The molecule has 0 aliphatic heterocycles. The lowest BCUT2D eigenvalue weighted by Gasteiger charge is -2.02. The number of pyridine rings is 1. The molecule has 4 nitrogen and oxygen atoms in total. The third kappa shape index (κ3) is 1.44. The molecule has 0 aliphatic rings. The summed E-state index contributed by atoms with van der Waals surface area (Å²) in [5.41, 5.74) is 6.45. The minimum atomic E-state index is 0.623. The Hall–Kier alpha value is -1.55. The molecular weight excluding hydrogens is 178 g/mol. The number of aromatic nitrogens is 2. The highest BCUT2D eigenvalue weighted by molar-refractivity contribution is 5.77. The van der Waals surface area contributed by atoms with E-state index in [0.717, 1.165) is 23.3 Å². The van der Waals surface area contributed by atoms with E-state index in [4.69, 9.17) is 10.5 Å². The normalized spacial score (nSPS) is 10.7. The molecule has 0 saturated heterocycles. The van der Waals surface area contributed by atoms with Gasteiger partial charge in [0, 0.05) is 24.7 Å². The molecule has 0 aromatic carbocycles. The second kappa shape index (κ2) is 3.67. The van der Waals surface area contributed by atoms with E-state index in [1.807, 2.05) is 22.9 Å². The van der Waals surface area contributed by atoms with Crippen LogP contribution < -0.4 is 10.5 Å². The summed E-state index contributed by atoms with van der Waals surface area (Å²) >= 11 is 0. The maximum absolute atomic E-state index is 5.49. The van der Waals surface area contributed by atoms with E-state index in [0.29, 0.717) is 6.54 Å². The van der Waals surface area contributed by atoms with Gasteiger partial charge in [0.2, 0.25) is 0 Å². The lowest BCUT2D eigenvalue weighted by Crippen LogP contribution is -2.09. The molecular formula is C10H13N3O. The predicted molar refractivity (Wildman–Crippen MR) is 55.3 cm³/mol. The van der Waals surface area contributed by atoms with Crippen molar-refractivity contribution in [3.63, 3.8) is 0 Å². The Morgan fingerprint density at radius 1 is 1.57 bits per heavy atom. The minimum Gasteiger partial charge on any atom is -0.495 e. The molecule has 0 spiro atoms. The second-order valence-corrected chi connectivity index (χ2v) is 3.09. The Bertz CT molecular complexity index is 436. The van der Waals surface area contributed by atoms with Gasteiger partial charge >= 0.3 is 0 Å². The fourth-order valence-electron chi connectivity index (χ4n) is 1.49. The number of rotatable bonds is 3. The summed E-state index contributed by atoms with van der Waals surface area (Å²) in [5, 5.41) is 1.08. The molecule has 2 N–H and O–H groups in total. The quantitative estimate of drug-likeness (QED) is 0.787. The van der Waals surface area contributed by atoms with Crippen LogP contribution in [0.3, 0.4) is 0 Å². The molecule has 0 radical (unpaired) electrons. The van der Waals surface area contributed by atoms with Gasteiger partial charge in [-0.2, -0.15) is 0 Å². The zero-order valence-electron chi connectivity index (χ0n) is 8.10. The van der Waals surface area contributed by atoms with E-state index in [1.165, 1.54) is 0 Å². The first-order valence-corrected chi connectivity index (χ1v) is 4.54.